The summed E-state index contributed by atoms with van der Waals surface area (Å²) in [6.07, 6.45) is 0.770. The van der Waals surface area contributed by atoms with E-state index >= 15 is 0 Å². The normalized spacial score (nSPS) is 11.7. The number of phenolic OH excluding ortho intramolecular Hbond substituents is 1. The molecular weight excluding hydrogens is 255 g/mol. The number of hydrogen-bond acceptors (Lipinski definition) is 3. The molecule has 0 saturated heterocycles. The van der Waals surface area contributed by atoms with Crippen LogP contribution in [0.15, 0.2) is 42.5 Å². The highest BCUT2D eigenvalue weighted by Gasteiger charge is 2.13. The minimum Gasteiger partial charge on any atom is -0.508 e. The molecule has 0 aliphatic carbocycles. The highest BCUT2D eigenvalue weighted by atomic mass is 19.1. The third kappa shape index (κ3) is 2.89. The number of hydrogen-bond donors (Lipinski definition) is 2. The number of aromatic hydroxyl groups is 1. The smallest absolute Gasteiger partial charge is 0.143 e. The molecule has 0 heterocycles. The van der Waals surface area contributed by atoms with Gasteiger partial charge < -0.3 is 10.4 Å². The van der Waals surface area contributed by atoms with Crippen molar-refractivity contribution in [3.63, 3.8) is 0 Å². The SMILES string of the molecule is CCC(Nc1cccc(F)c1C#N)c1ccc(O)cc1. The lowest BCUT2D eigenvalue weighted by Crippen LogP contribution is -2.11. The summed E-state index contributed by atoms with van der Waals surface area (Å²) in [6, 6.07) is 13.2. The van der Waals surface area contributed by atoms with Gasteiger partial charge in [0.15, 0.2) is 0 Å². The quantitative estimate of drug-likeness (QED) is 0.884. The fourth-order valence-electron chi connectivity index (χ4n) is 2.07. The minimum atomic E-state index is -0.530. The highest BCUT2D eigenvalue weighted by molar-refractivity contribution is 5.59. The van der Waals surface area contributed by atoms with Gasteiger partial charge >= 0.3 is 0 Å². The molecule has 2 rings (SSSR count). The van der Waals surface area contributed by atoms with Gasteiger partial charge in [0.1, 0.15) is 23.2 Å². The van der Waals surface area contributed by atoms with Crippen LogP contribution in [0, 0.1) is 17.1 Å². The topological polar surface area (TPSA) is 56.0 Å². The second-order valence-corrected chi connectivity index (χ2v) is 4.47. The molecule has 0 fully saturated rings. The molecule has 20 heavy (non-hydrogen) atoms. The Balaban J connectivity index is 2.30. The third-order valence-electron chi connectivity index (χ3n) is 3.16. The molecule has 0 saturated carbocycles. The van der Waals surface area contributed by atoms with E-state index in [2.05, 4.69) is 5.32 Å². The zero-order valence-electron chi connectivity index (χ0n) is 11.1. The van der Waals surface area contributed by atoms with Crippen molar-refractivity contribution < 1.29 is 9.50 Å². The van der Waals surface area contributed by atoms with Crippen LogP contribution < -0.4 is 5.32 Å². The molecule has 0 radical (unpaired) electrons. The van der Waals surface area contributed by atoms with Crippen LogP contribution in [-0.4, -0.2) is 5.11 Å². The van der Waals surface area contributed by atoms with Gasteiger partial charge in [-0.1, -0.05) is 25.1 Å². The fourth-order valence-corrected chi connectivity index (χ4v) is 2.07. The number of benzene rings is 2. The van der Waals surface area contributed by atoms with Gasteiger partial charge in [-0.15, -0.1) is 0 Å². The summed E-state index contributed by atoms with van der Waals surface area (Å²) < 4.78 is 13.6. The molecule has 0 aliphatic rings. The van der Waals surface area contributed by atoms with E-state index in [1.807, 2.05) is 25.1 Å². The molecule has 2 aromatic rings. The first-order valence-corrected chi connectivity index (χ1v) is 6.39. The highest BCUT2D eigenvalue weighted by Crippen LogP contribution is 2.27. The maximum absolute atomic E-state index is 13.6. The number of halogens is 1. The molecule has 0 bridgehead atoms. The summed E-state index contributed by atoms with van der Waals surface area (Å²) >= 11 is 0. The average Bonchev–Trinajstić information content (AvgIpc) is 2.46. The Bertz CT molecular complexity index is 632. The Labute approximate surface area is 117 Å². The van der Waals surface area contributed by atoms with Crippen molar-refractivity contribution in [2.75, 3.05) is 5.32 Å². The zero-order chi connectivity index (χ0) is 14.5. The molecular formula is C16H15FN2O. The Hall–Kier alpha value is -2.54. The molecule has 1 atom stereocenters. The van der Waals surface area contributed by atoms with Crippen molar-refractivity contribution in [3.8, 4) is 11.8 Å². The van der Waals surface area contributed by atoms with E-state index in [0.717, 1.165) is 12.0 Å². The summed E-state index contributed by atoms with van der Waals surface area (Å²) in [6.45, 7) is 2.00. The average molecular weight is 270 g/mol. The second kappa shape index (κ2) is 6.07. The largest absolute Gasteiger partial charge is 0.508 e. The number of nitrogens with one attached hydrogen (secondary N) is 1. The number of anilines is 1. The monoisotopic (exact) mass is 270 g/mol. The van der Waals surface area contributed by atoms with Crippen LogP contribution in [0.1, 0.15) is 30.5 Å². The van der Waals surface area contributed by atoms with Crippen LogP contribution >= 0.6 is 0 Å². The van der Waals surface area contributed by atoms with Gasteiger partial charge in [0.25, 0.3) is 0 Å². The Morgan fingerprint density at radius 1 is 1.25 bits per heavy atom. The Morgan fingerprint density at radius 3 is 2.55 bits per heavy atom. The maximum atomic E-state index is 13.6. The lowest BCUT2D eigenvalue weighted by Gasteiger charge is -2.19. The molecule has 2 aromatic carbocycles. The second-order valence-electron chi connectivity index (χ2n) is 4.47. The van der Waals surface area contributed by atoms with Crippen LogP contribution in [0.3, 0.4) is 0 Å². The van der Waals surface area contributed by atoms with Crippen molar-refractivity contribution in [1.82, 2.24) is 0 Å². The molecule has 3 nitrogen and oxygen atoms in total. The number of nitrogens with zero attached hydrogens (tertiary/aromatic N) is 1. The van der Waals surface area contributed by atoms with Gasteiger partial charge in [-0.3, -0.25) is 0 Å². The first-order valence-electron chi connectivity index (χ1n) is 6.39. The van der Waals surface area contributed by atoms with E-state index < -0.39 is 5.82 Å². The minimum absolute atomic E-state index is 0.0183. The molecule has 0 aliphatic heterocycles. The van der Waals surface area contributed by atoms with Gasteiger partial charge in [-0.2, -0.15) is 5.26 Å². The summed E-state index contributed by atoms with van der Waals surface area (Å²) in [4.78, 5) is 0. The van der Waals surface area contributed by atoms with Gasteiger partial charge in [-0.25, -0.2) is 4.39 Å². The van der Waals surface area contributed by atoms with E-state index in [-0.39, 0.29) is 17.4 Å². The molecule has 1 unspecified atom stereocenters. The van der Waals surface area contributed by atoms with Gasteiger partial charge in [-0.05, 0) is 36.2 Å². The van der Waals surface area contributed by atoms with Crippen molar-refractivity contribution in [2.45, 2.75) is 19.4 Å². The van der Waals surface area contributed by atoms with E-state index in [0.29, 0.717) is 5.69 Å². The van der Waals surface area contributed by atoms with Crippen molar-refractivity contribution >= 4 is 5.69 Å². The predicted molar refractivity (Wildman–Crippen MR) is 75.9 cm³/mol. The van der Waals surface area contributed by atoms with Crippen LogP contribution in [0.25, 0.3) is 0 Å². The number of rotatable bonds is 4. The summed E-state index contributed by atoms with van der Waals surface area (Å²) in [5.74, 6) is -0.329. The summed E-state index contributed by atoms with van der Waals surface area (Å²) in [7, 11) is 0. The molecule has 2 N–H and O–H groups in total. The van der Waals surface area contributed by atoms with Crippen molar-refractivity contribution in [3.05, 3.63) is 59.4 Å². The Morgan fingerprint density at radius 2 is 1.95 bits per heavy atom. The van der Waals surface area contributed by atoms with Gasteiger partial charge in [0.05, 0.1) is 11.7 Å². The summed E-state index contributed by atoms with van der Waals surface area (Å²) in [5.41, 5.74) is 1.47. The van der Waals surface area contributed by atoms with Crippen molar-refractivity contribution in [1.29, 1.82) is 5.26 Å². The molecule has 0 amide bonds. The maximum Gasteiger partial charge on any atom is 0.143 e. The zero-order valence-corrected chi connectivity index (χ0v) is 11.1. The first-order chi connectivity index (χ1) is 9.65. The van der Waals surface area contributed by atoms with Crippen LogP contribution in [-0.2, 0) is 0 Å². The van der Waals surface area contributed by atoms with E-state index in [1.54, 1.807) is 24.3 Å². The Kier molecular flexibility index (Phi) is 4.21. The predicted octanol–water partition coefficient (Wildman–Crippen LogP) is 3.97. The van der Waals surface area contributed by atoms with Crippen LogP contribution in [0.2, 0.25) is 0 Å². The molecule has 0 spiro atoms. The number of nitriles is 1. The van der Waals surface area contributed by atoms with Crippen molar-refractivity contribution in [2.24, 2.45) is 0 Å². The molecule has 0 aromatic heterocycles. The third-order valence-corrected chi connectivity index (χ3v) is 3.16. The van der Waals surface area contributed by atoms with Gasteiger partial charge in [0.2, 0.25) is 0 Å². The van der Waals surface area contributed by atoms with Gasteiger partial charge in [0, 0.05) is 0 Å². The van der Waals surface area contributed by atoms with E-state index in [9.17, 15) is 9.50 Å². The standard InChI is InChI=1S/C16H15FN2O/c1-2-15(11-6-8-12(20)9-7-11)19-16-5-3-4-14(17)13(16)10-18/h3-9,15,19-20H,2H2,1H3. The van der Waals surface area contributed by atoms with Crippen LogP contribution in [0.5, 0.6) is 5.75 Å². The summed E-state index contributed by atoms with van der Waals surface area (Å²) in [5, 5.41) is 21.5. The first kappa shape index (κ1) is 13.9. The molecule has 4 heteroatoms. The molecule has 102 valence electrons. The fraction of sp³-hybridized carbons (Fsp3) is 0.188. The lowest BCUT2D eigenvalue weighted by atomic mass is 10.0. The van der Waals surface area contributed by atoms with E-state index in [1.165, 1.54) is 6.07 Å². The number of phenols is 1. The van der Waals surface area contributed by atoms with Crippen LogP contribution in [0.4, 0.5) is 10.1 Å². The lowest BCUT2D eigenvalue weighted by molar-refractivity contribution is 0.475. The van der Waals surface area contributed by atoms with E-state index in [4.69, 9.17) is 5.26 Å².